The number of aryl methyl sites for hydroxylation is 1. The first-order valence-electron chi connectivity index (χ1n) is 10.2. The lowest BCUT2D eigenvalue weighted by atomic mass is 9.95. The number of hydrogen-bond donors (Lipinski definition) is 1. The number of halogens is 3. The smallest absolute Gasteiger partial charge is 0.336 e. The number of aromatic amines is 1. The number of rotatable bonds is 3. The van der Waals surface area contributed by atoms with Gasteiger partial charge in [-0.05, 0) is 18.6 Å². The number of alkyl halides is 3. The van der Waals surface area contributed by atoms with E-state index in [1.54, 1.807) is 17.9 Å². The zero-order valence-electron chi connectivity index (χ0n) is 18.1. The van der Waals surface area contributed by atoms with Crippen molar-refractivity contribution in [1.82, 2.24) is 19.8 Å². The summed E-state index contributed by atoms with van der Waals surface area (Å²) in [6, 6.07) is 5.28. The molecule has 0 saturated carbocycles. The fourth-order valence-corrected chi connectivity index (χ4v) is 3.56. The van der Waals surface area contributed by atoms with Crippen molar-refractivity contribution in [1.29, 1.82) is 0 Å². The van der Waals surface area contributed by atoms with Crippen LogP contribution in [0, 0.1) is 6.92 Å². The Morgan fingerprint density at radius 1 is 1.13 bits per heavy atom. The van der Waals surface area contributed by atoms with Gasteiger partial charge in [-0.3, -0.25) is 14.5 Å². The lowest BCUT2D eigenvalue weighted by Crippen LogP contribution is -2.49. The van der Waals surface area contributed by atoms with Gasteiger partial charge in [-0.1, -0.05) is 39.0 Å². The first-order chi connectivity index (χ1) is 14.4. The molecule has 0 radical (unpaired) electrons. The van der Waals surface area contributed by atoms with E-state index < -0.39 is 17.3 Å². The molecule has 9 heteroatoms. The summed E-state index contributed by atoms with van der Waals surface area (Å²) in [5, 5.41) is 0. The second-order valence-corrected chi connectivity index (χ2v) is 8.89. The number of aromatic nitrogens is 2. The second kappa shape index (κ2) is 8.45. The fourth-order valence-electron chi connectivity index (χ4n) is 3.56. The lowest BCUT2D eigenvalue weighted by Gasteiger charge is -2.35. The molecule has 1 aromatic carbocycles. The Hall–Kier alpha value is -2.68. The molecule has 1 saturated heterocycles. The van der Waals surface area contributed by atoms with Gasteiger partial charge in [0.15, 0.2) is 0 Å². The van der Waals surface area contributed by atoms with Crippen molar-refractivity contribution in [2.45, 2.75) is 45.8 Å². The number of amides is 1. The summed E-state index contributed by atoms with van der Waals surface area (Å²) in [5.74, 6) is 0.155. The van der Waals surface area contributed by atoms with Gasteiger partial charge < -0.3 is 9.88 Å². The van der Waals surface area contributed by atoms with Gasteiger partial charge in [-0.25, -0.2) is 4.98 Å². The zero-order valence-corrected chi connectivity index (χ0v) is 18.1. The van der Waals surface area contributed by atoms with Crippen LogP contribution in [-0.4, -0.2) is 51.9 Å². The maximum absolute atomic E-state index is 12.9. The van der Waals surface area contributed by atoms with Crippen LogP contribution >= 0.6 is 0 Å². The normalized spacial score (nSPS) is 15.9. The summed E-state index contributed by atoms with van der Waals surface area (Å²) in [4.78, 5) is 36.2. The Morgan fingerprint density at radius 2 is 1.77 bits per heavy atom. The molecule has 1 N–H and O–H groups in total. The maximum atomic E-state index is 12.9. The SMILES string of the molecule is Cc1nc(C(C)(C)C)[nH]c(=O)c1C(=O)N1CCN(Cc2cccc(C(F)(F)F)c2)CC1. The number of carbonyl (C=O) groups is 1. The highest BCUT2D eigenvalue weighted by molar-refractivity contribution is 5.94. The Kier molecular flexibility index (Phi) is 6.27. The van der Waals surface area contributed by atoms with Gasteiger partial charge in [0.2, 0.25) is 0 Å². The molecule has 2 aromatic rings. The highest BCUT2D eigenvalue weighted by atomic mass is 19.4. The largest absolute Gasteiger partial charge is 0.416 e. The molecule has 168 valence electrons. The van der Waals surface area contributed by atoms with E-state index in [1.165, 1.54) is 6.07 Å². The number of nitrogens with one attached hydrogen (secondary N) is 1. The number of nitrogens with zero attached hydrogens (tertiary/aromatic N) is 3. The summed E-state index contributed by atoms with van der Waals surface area (Å²) in [6.45, 7) is 9.59. The van der Waals surface area contributed by atoms with Crippen LogP contribution in [0.4, 0.5) is 13.2 Å². The van der Waals surface area contributed by atoms with Gasteiger partial charge in [0.25, 0.3) is 11.5 Å². The quantitative estimate of drug-likeness (QED) is 0.801. The Labute approximate surface area is 179 Å². The van der Waals surface area contributed by atoms with E-state index >= 15 is 0 Å². The zero-order chi connectivity index (χ0) is 23.0. The molecule has 1 aliphatic rings. The Balaban J connectivity index is 1.66. The highest BCUT2D eigenvalue weighted by Crippen LogP contribution is 2.29. The monoisotopic (exact) mass is 436 g/mol. The van der Waals surface area contributed by atoms with E-state index in [4.69, 9.17) is 0 Å². The molecular formula is C22H27F3N4O2. The molecule has 1 aromatic heterocycles. The van der Waals surface area contributed by atoms with Crippen LogP contribution in [0.1, 0.15) is 53.8 Å². The van der Waals surface area contributed by atoms with Crippen LogP contribution in [-0.2, 0) is 18.1 Å². The highest BCUT2D eigenvalue weighted by Gasteiger charge is 2.31. The molecule has 1 aliphatic heterocycles. The molecule has 3 rings (SSSR count). The van der Waals surface area contributed by atoms with E-state index in [-0.39, 0.29) is 16.9 Å². The van der Waals surface area contributed by atoms with Crippen LogP contribution in [0.2, 0.25) is 0 Å². The van der Waals surface area contributed by atoms with E-state index in [1.807, 2.05) is 25.7 Å². The first-order valence-corrected chi connectivity index (χ1v) is 10.2. The standard InChI is InChI=1S/C22H27F3N4O2/c1-14-17(18(30)27-20(26-14)21(2,3)4)19(31)29-10-8-28(9-11-29)13-15-6-5-7-16(12-15)22(23,24)25/h5-7,12H,8-11,13H2,1-4H3,(H,26,27,30). The predicted molar refractivity (Wildman–Crippen MR) is 111 cm³/mol. The third-order valence-corrected chi connectivity index (χ3v) is 5.34. The molecule has 0 spiro atoms. The van der Waals surface area contributed by atoms with Gasteiger partial charge >= 0.3 is 6.18 Å². The van der Waals surface area contributed by atoms with Gasteiger partial charge in [0.05, 0.1) is 11.3 Å². The summed E-state index contributed by atoms with van der Waals surface area (Å²) < 4.78 is 38.7. The van der Waals surface area contributed by atoms with E-state index in [9.17, 15) is 22.8 Å². The average Bonchev–Trinajstić information content (AvgIpc) is 2.67. The van der Waals surface area contributed by atoms with Crippen molar-refractivity contribution in [3.05, 3.63) is 62.8 Å². The minimum absolute atomic E-state index is 0.0410. The summed E-state index contributed by atoms with van der Waals surface area (Å²) in [6.07, 6.45) is -4.37. The average molecular weight is 436 g/mol. The topological polar surface area (TPSA) is 69.3 Å². The molecule has 1 amide bonds. The minimum atomic E-state index is -4.37. The number of piperazine rings is 1. The second-order valence-electron chi connectivity index (χ2n) is 8.89. The molecule has 2 heterocycles. The number of hydrogen-bond acceptors (Lipinski definition) is 4. The third kappa shape index (κ3) is 5.33. The van der Waals surface area contributed by atoms with Crippen LogP contribution in [0.25, 0.3) is 0 Å². The number of benzene rings is 1. The predicted octanol–water partition coefficient (Wildman–Crippen LogP) is 3.35. The van der Waals surface area contributed by atoms with Crippen molar-refractivity contribution in [3.8, 4) is 0 Å². The van der Waals surface area contributed by atoms with Gasteiger partial charge in [0.1, 0.15) is 11.4 Å². The van der Waals surface area contributed by atoms with Crippen molar-refractivity contribution < 1.29 is 18.0 Å². The molecule has 31 heavy (non-hydrogen) atoms. The van der Waals surface area contributed by atoms with Gasteiger partial charge in [-0.2, -0.15) is 13.2 Å². The summed E-state index contributed by atoms with van der Waals surface area (Å²) in [7, 11) is 0. The van der Waals surface area contributed by atoms with E-state index in [0.29, 0.717) is 49.8 Å². The molecule has 0 bridgehead atoms. The van der Waals surface area contributed by atoms with Gasteiger partial charge in [-0.15, -0.1) is 0 Å². The minimum Gasteiger partial charge on any atom is -0.336 e. The first kappa shape index (κ1) is 23.0. The Bertz CT molecular complexity index is 1020. The van der Waals surface area contributed by atoms with Crippen LogP contribution < -0.4 is 5.56 Å². The Morgan fingerprint density at radius 3 is 2.32 bits per heavy atom. The fraction of sp³-hybridized carbons (Fsp3) is 0.500. The van der Waals surface area contributed by atoms with Crippen molar-refractivity contribution in [3.63, 3.8) is 0 Å². The van der Waals surface area contributed by atoms with Crippen LogP contribution in [0.15, 0.2) is 29.1 Å². The third-order valence-electron chi connectivity index (χ3n) is 5.34. The van der Waals surface area contributed by atoms with Crippen molar-refractivity contribution in [2.75, 3.05) is 26.2 Å². The van der Waals surface area contributed by atoms with E-state index in [2.05, 4.69) is 9.97 Å². The lowest BCUT2D eigenvalue weighted by molar-refractivity contribution is -0.137. The van der Waals surface area contributed by atoms with Crippen LogP contribution in [0.3, 0.4) is 0 Å². The molecule has 1 fully saturated rings. The van der Waals surface area contributed by atoms with E-state index in [0.717, 1.165) is 12.1 Å². The molecule has 0 unspecified atom stereocenters. The van der Waals surface area contributed by atoms with Gasteiger partial charge in [0, 0.05) is 38.1 Å². The van der Waals surface area contributed by atoms with Crippen LogP contribution in [0.5, 0.6) is 0 Å². The summed E-state index contributed by atoms with van der Waals surface area (Å²) in [5.41, 5.74) is -0.456. The number of carbonyl (C=O) groups excluding carboxylic acids is 1. The molecule has 0 atom stereocenters. The van der Waals surface area contributed by atoms with Crippen molar-refractivity contribution >= 4 is 5.91 Å². The summed E-state index contributed by atoms with van der Waals surface area (Å²) >= 11 is 0. The van der Waals surface area contributed by atoms with Crippen molar-refractivity contribution in [2.24, 2.45) is 0 Å². The molecular weight excluding hydrogens is 409 g/mol. The number of H-pyrrole nitrogens is 1. The maximum Gasteiger partial charge on any atom is 0.416 e. The molecule has 6 nitrogen and oxygen atoms in total. The molecule has 0 aliphatic carbocycles.